The molecule has 2 rings (SSSR count). The number of carbonyl (C=O) groups is 1. The van der Waals surface area contributed by atoms with Gasteiger partial charge in [-0.05, 0) is 32.4 Å². The van der Waals surface area contributed by atoms with Gasteiger partial charge in [0.15, 0.2) is 0 Å². The van der Waals surface area contributed by atoms with Gasteiger partial charge in [-0.3, -0.25) is 4.79 Å². The summed E-state index contributed by atoms with van der Waals surface area (Å²) in [5.74, 6) is 1.26. The van der Waals surface area contributed by atoms with Crippen LogP contribution in [0.5, 0.6) is 0 Å². The molecule has 0 saturated carbocycles. The summed E-state index contributed by atoms with van der Waals surface area (Å²) in [5.41, 5.74) is 1.71. The molecule has 0 aliphatic rings. The molecule has 112 valence electrons. The zero-order chi connectivity index (χ0) is 15.2. The Bertz CT molecular complexity index is 589. The summed E-state index contributed by atoms with van der Waals surface area (Å²) < 4.78 is 11.0. The molecule has 4 nitrogen and oxygen atoms in total. The van der Waals surface area contributed by atoms with E-state index in [1.54, 1.807) is 13.0 Å². The second kappa shape index (κ2) is 7.09. The Hall–Kier alpha value is -2.07. The van der Waals surface area contributed by atoms with Crippen LogP contribution in [0.2, 0.25) is 0 Å². The molecule has 2 aromatic rings. The van der Waals surface area contributed by atoms with E-state index in [9.17, 15) is 4.79 Å². The summed E-state index contributed by atoms with van der Waals surface area (Å²) in [6, 6.07) is 11.7. The van der Waals surface area contributed by atoms with E-state index in [1.165, 1.54) is 0 Å². The van der Waals surface area contributed by atoms with Crippen molar-refractivity contribution in [2.24, 2.45) is 0 Å². The highest BCUT2D eigenvalue weighted by atomic mass is 16.5. The maximum absolute atomic E-state index is 12.1. The summed E-state index contributed by atoms with van der Waals surface area (Å²) in [4.78, 5) is 12.1. The smallest absolute Gasteiger partial charge is 0.255 e. The van der Waals surface area contributed by atoms with Crippen molar-refractivity contribution in [2.75, 3.05) is 6.61 Å². The van der Waals surface area contributed by atoms with Crippen molar-refractivity contribution in [3.63, 3.8) is 0 Å². The van der Waals surface area contributed by atoms with Crippen LogP contribution >= 0.6 is 0 Å². The monoisotopic (exact) mass is 287 g/mol. The highest BCUT2D eigenvalue weighted by molar-refractivity contribution is 5.95. The Morgan fingerprint density at radius 1 is 1.29 bits per heavy atom. The number of ether oxygens (including phenoxy) is 1. The van der Waals surface area contributed by atoms with Crippen LogP contribution in [0.3, 0.4) is 0 Å². The lowest BCUT2D eigenvalue weighted by atomic mass is 10.2. The van der Waals surface area contributed by atoms with Gasteiger partial charge in [-0.1, -0.05) is 30.3 Å². The van der Waals surface area contributed by atoms with E-state index >= 15 is 0 Å². The zero-order valence-electron chi connectivity index (χ0n) is 12.7. The minimum absolute atomic E-state index is 0.0594. The number of hydrogen-bond acceptors (Lipinski definition) is 3. The highest BCUT2D eigenvalue weighted by Gasteiger charge is 2.15. The zero-order valence-corrected chi connectivity index (χ0v) is 12.7. The molecule has 0 bridgehead atoms. The standard InChI is InChI=1S/C17H21NO3/c1-12(10-20-11-15-7-5-4-6-8-15)18-17(19)16-9-13(2)21-14(16)3/h4-9,12H,10-11H2,1-3H3,(H,18,19). The molecule has 1 aromatic heterocycles. The Kier molecular flexibility index (Phi) is 5.17. The van der Waals surface area contributed by atoms with Crippen molar-refractivity contribution in [3.8, 4) is 0 Å². The average molecular weight is 287 g/mol. The van der Waals surface area contributed by atoms with E-state index in [0.29, 0.717) is 24.5 Å². The molecule has 1 aromatic carbocycles. The van der Waals surface area contributed by atoms with Crippen LogP contribution in [0.4, 0.5) is 0 Å². The molecule has 1 N–H and O–H groups in total. The predicted molar refractivity (Wildman–Crippen MR) is 81.2 cm³/mol. The van der Waals surface area contributed by atoms with Gasteiger partial charge in [-0.15, -0.1) is 0 Å². The molecule has 0 aliphatic carbocycles. The fraction of sp³-hybridized carbons (Fsp3) is 0.353. The third kappa shape index (κ3) is 4.46. The number of hydrogen-bond donors (Lipinski definition) is 1. The molecule has 0 saturated heterocycles. The van der Waals surface area contributed by atoms with Gasteiger partial charge in [-0.2, -0.15) is 0 Å². The molecule has 21 heavy (non-hydrogen) atoms. The number of aryl methyl sites for hydroxylation is 2. The quantitative estimate of drug-likeness (QED) is 0.887. The lowest BCUT2D eigenvalue weighted by molar-refractivity contribution is 0.0819. The van der Waals surface area contributed by atoms with Crippen LogP contribution in [0.15, 0.2) is 40.8 Å². The molecule has 1 atom stereocenters. The van der Waals surface area contributed by atoms with Crippen molar-refractivity contribution in [2.45, 2.75) is 33.4 Å². The average Bonchev–Trinajstić information content (AvgIpc) is 2.79. The van der Waals surface area contributed by atoms with Crippen LogP contribution in [0.1, 0.15) is 34.4 Å². The molecule has 0 aliphatic heterocycles. The normalized spacial score (nSPS) is 12.1. The van der Waals surface area contributed by atoms with Crippen LogP contribution in [0.25, 0.3) is 0 Å². The van der Waals surface area contributed by atoms with Crippen LogP contribution in [-0.2, 0) is 11.3 Å². The van der Waals surface area contributed by atoms with Gasteiger partial charge in [0.05, 0.1) is 18.8 Å². The molecule has 1 heterocycles. The minimum Gasteiger partial charge on any atom is -0.466 e. The highest BCUT2D eigenvalue weighted by Crippen LogP contribution is 2.13. The first-order chi connectivity index (χ1) is 10.1. The second-order valence-electron chi connectivity index (χ2n) is 5.20. The molecule has 1 amide bonds. The molecule has 0 spiro atoms. The predicted octanol–water partition coefficient (Wildman–Crippen LogP) is 3.23. The van der Waals surface area contributed by atoms with Gasteiger partial charge in [0.2, 0.25) is 0 Å². The maximum Gasteiger partial charge on any atom is 0.255 e. The molecular weight excluding hydrogens is 266 g/mol. The molecule has 4 heteroatoms. The van der Waals surface area contributed by atoms with Crippen molar-refractivity contribution in [1.82, 2.24) is 5.32 Å². The number of carbonyl (C=O) groups excluding carboxylic acids is 1. The van der Waals surface area contributed by atoms with Crippen molar-refractivity contribution in [3.05, 3.63) is 59.0 Å². The summed E-state index contributed by atoms with van der Waals surface area (Å²) in [5, 5.41) is 2.91. The van der Waals surface area contributed by atoms with E-state index in [4.69, 9.17) is 9.15 Å². The van der Waals surface area contributed by atoms with Crippen molar-refractivity contribution < 1.29 is 13.9 Å². The van der Waals surface area contributed by atoms with Gasteiger partial charge >= 0.3 is 0 Å². The topological polar surface area (TPSA) is 51.5 Å². The summed E-state index contributed by atoms with van der Waals surface area (Å²) >= 11 is 0. The number of benzene rings is 1. The van der Waals surface area contributed by atoms with E-state index < -0.39 is 0 Å². The van der Waals surface area contributed by atoms with Gasteiger partial charge < -0.3 is 14.5 Å². The van der Waals surface area contributed by atoms with E-state index in [-0.39, 0.29) is 11.9 Å². The Balaban J connectivity index is 1.78. The Labute approximate surface area is 125 Å². The number of amides is 1. The lowest BCUT2D eigenvalue weighted by Gasteiger charge is -2.14. The maximum atomic E-state index is 12.1. The number of furan rings is 1. The Morgan fingerprint density at radius 3 is 2.62 bits per heavy atom. The summed E-state index contributed by atoms with van der Waals surface area (Å²) in [6.45, 7) is 6.56. The van der Waals surface area contributed by atoms with Crippen LogP contribution in [0, 0.1) is 13.8 Å². The minimum atomic E-state index is -0.125. The molecular formula is C17H21NO3. The molecule has 0 radical (unpaired) electrons. The first-order valence-electron chi connectivity index (χ1n) is 7.06. The van der Waals surface area contributed by atoms with Crippen LogP contribution in [-0.4, -0.2) is 18.6 Å². The SMILES string of the molecule is Cc1cc(C(=O)NC(C)COCc2ccccc2)c(C)o1. The third-order valence-corrected chi connectivity index (χ3v) is 3.14. The molecule has 1 unspecified atom stereocenters. The van der Waals surface area contributed by atoms with Crippen LogP contribution < -0.4 is 5.32 Å². The van der Waals surface area contributed by atoms with Gasteiger partial charge in [0, 0.05) is 6.04 Å². The van der Waals surface area contributed by atoms with Crippen molar-refractivity contribution >= 4 is 5.91 Å². The van der Waals surface area contributed by atoms with E-state index in [0.717, 1.165) is 11.3 Å². The number of rotatable bonds is 6. The van der Waals surface area contributed by atoms with E-state index in [2.05, 4.69) is 5.32 Å². The van der Waals surface area contributed by atoms with Gasteiger partial charge in [-0.25, -0.2) is 0 Å². The largest absolute Gasteiger partial charge is 0.466 e. The molecule has 0 fully saturated rings. The lowest BCUT2D eigenvalue weighted by Crippen LogP contribution is -2.35. The van der Waals surface area contributed by atoms with Gasteiger partial charge in [0.25, 0.3) is 5.91 Å². The Morgan fingerprint density at radius 2 is 2.00 bits per heavy atom. The number of nitrogens with one attached hydrogen (secondary N) is 1. The summed E-state index contributed by atoms with van der Waals surface area (Å²) in [7, 11) is 0. The fourth-order valence-electron chi connectivity index (χ4n) is 2.13. The second-order valence-corrected chi connectivity index (χ2v) is 5.20. The third-order valence-electron chi connectivity index (χ3n) is 3.14. The van der Waals surface area contributed by atoms with Gasteiger partial charge in [0.1, 0.15) is 11.5 Å². The fourth-order valence-corrected chi connectivity index (χ4v) is 2.13. The first kappa shape index (κ1) is 15.3. The summed E-state index contributed by atoms with van der Waals surface area (Å²) in [6.07, 6.45) is 0. The van der Waals surface area contributed by atoms with Crippen molar-refractivity contribution in [1.29, 1.82) is 0 Å². The van der Waals surface area contributed by atoms with E-state index in [1.807, 2.05) is 44.2 Å². The first-order valence-corrected chi connectivity index (χ1v) is 7.06.